The first kappa shape index (κ1) is 21.9. The van der Waals surface area contributed by atoms with Gasteiger partial charge in [-0.25, -0.2) is 0 Å². The molecule has 2 N–H and O–H groups in total. The van der Waals surface area contributed by atoms with Crippen LogP contribution in [0.5, 0.6) is 5.75 Å². The number of nitrogens with one attached hydrogen (secondary N) is 2. The van der Waals surface area contributed by atoms with Crippen molar-refractivity contribution in [2.75, 3.05) is 32.6 Å². The molecule has 0 atom stereocenters. The summed E-state index contributed by atoms with van der Waals surface area (Å²) in [7, 11) is 3.54. The van der Waals surface area contributed by atoms with Crippen LogP contribution in [0.3, 0.4) is 0 Å². The number of anilines is 1. The number of nitrogens with zero attached hydrogens (tertiary/aromatic N) is 1. The van der Waals surface area contributed by atoms with E-state index in [-0.39, 0.29) is 24.9 Å². The Kier molecular flexibility index (Phi) is 8.02. The molecule has 0 unspecified atom stereocenters. The highest BCUT2D eigenvalue weighted by Gasteiger charge is 2.12. The normalized spacial score (nSPS) is 10.6. The monoisotopic (exact) mass is 447 g/mol. The highest BCUT2D eigenvalue weighted by Crippen LogP contribution is 2.24. The zero-order valence-electron chi connectivity index (χ0n) is 16.6. The van der Waals surface area contributed by atoms with E-state index in [4.69, 9.17) is 4.74 Å². The Hall–Kier alpha value is -2.38. The Morgan fingerprint density at radius 3 is 2.36 bits per heavy atom. The summed E-state index contributed by atoms with van der Waals surface area (Å²) in [5.74, 6) is 0.413. The second-order valence-corrected chi connectivity index (χ2v) is 7.59. The molecule has 2 aromatic rings. The van der Waals surface area contributed by atoms with E-state index in [1.165, 1.54) is 0 Å². The number of halogens is 1. The van der Waals surface area contributed by atoms with Gasteiger partial charge in [0.2, 0.25) is 11.8 Å². The Morgan fingerprint density at radius 2 is 1.75 bits per heavy atom. The molecule has 0 aliphatic rings. The van der Waals surface area contributed by atoms with Crippen LogP contribution in [0.1, 0.15) is 16.7 Å². The van der Waals surface area contributed by atoms with Crippen molar-refractivity contribution in [2.45, 2.75) is 20.4 Å². The molecule has 0 heterocycles. The first-order valence-corrected chi connectivity index (χ1v) is 9.73. The molecule has 0 saturated heterocycles. The maximum Gasteiger partial charge on any atom is 0.243 e. The molecule has 0 aliphatic heterocycles. The Bertz CT molecular complexity index is 832. The molecule has 150 valence electrons. The van der Waals surface area contributed by atoms with Crippen LogP contribution in [0.15, 0.2) is 40.9 Å². The number of ether oxygens (including phenoxy) is 1. The maximum atomic E-state index is 12.1. The largest absolute Gasteiger partial charge is 0.496 e. The van der Waals surface area contributed by atoms with Crippen LogP contribution in [0.25, 0.3) is 0 Å². The van der Waals surface area contributed by atoms with Gasteiger partial charge in [-0.1, -0.05) is 24.3 Å². The van der Waals surface area contributed by atoms with Crippen LogP contribution in [0.2, 0.25) is 0 Å². The van der Waals surface area contributed by atoms with E-state index in [2.05, 4.69) is 38.7 Å². The molecule has 6 nitrogen and oxygen atoms in total. The van der Waals surface area contributed by atoms with Crippen molar-refractivity contribution in [3.63, 3.8) is 0 Å². The van der Waals surface area contributed by atoms with Gasteiger partial charge in [-0.3, -0.25) is 14.5 Å². The van der Waals surface area contributed by atoms with Crippen molar-refractivity contribution in [3.05, 3.63) is 57.6 Å². The lowest BCUT2D eigenvalue weighted by molar-refractivity contribution is -0.124. The van der Waals surface area contributed by atoms with Gasteiger partial charge in [-0.05, 0) is 65.6 Å². The number of carbonyl (C=O) groups is 2. The average Bonchev–Trinajstić information content (AvgIpc) is 2.61. The molecule has 2 aromatic carbocycles. The minimum absolute atomic E-state index is 0.0746. The number of methoxy groups -OCH3 is 1. The third kappa shape index (κ3) is 6.35. The number of likely N-dealkylation sites (N-methyl/N-ethyl adjacent to an activating group) is 1. The van der Waals surface area contributed by atoms with Crippen LogP contribution in [0.4, 0.5) is 5.69 Å². The maximum absolute atomic E-state index is 12.1. The molecule has 0 spiro atoms. The van der Waals surface area contributed by atoms with Gasteiger partial charge in [-0.15, -0.1) is 0 Å². The molecular formula is C21H26BrN3O3. The number of para-hydroxylation sites is 1. The number of carbonyl (C=O) groups excluding carboxylic acids is 2. The Morgan fingerprint density at radius 1 is 1.11 bits per heavy atom. The van der Waals surface area contributed by atoms with Crippen molar-refractivity contribution >= 4 is 33.4 Å². The smallest absolute Gasteiger partial charge is 0.243 e. The van der Waals surface area contributed by atoms with Gasteiger partial charge >= 0.3 is 0 Å². The van der Waals surface area contributed by atoms with Crippen molar-refractivity contribution < 1.29 is 14.3 Å². The summed E-state index contributed by atoms with van der Waals surface area (Å²) in [5.41, 5.74) is 3.92. The highest BCUT2D eigenvalue weighted by atomic mass is 79.9. The topological polar surface area (TPSA) is 70.7 Å². The summed E-state index contributed by atoms with van der Waals surface area (Å²) in [5, 5.41) is 5.41. The lowest BCUT2D eigenvalue weighted by Crippen LogP contribution is -2.39. The van der Waals surface area contributed by atoms with E-state index < -0.39 is 0 Å². The van der Waals surface area contributed by atoms with Gasteiger partial charge in [0.1, 0.15) is 5.75 Å². The van der Waals surface area contributed by atoms with Gasteiger partial charge in [0.25, 0.3) is 0 Å². The molecule has 2 rings (SSSR count). The minimum atomic E-state index is -0.274. The summed E-state index contributed by atoms with van der Waals surface area (Å²) in [6, 6.07) is 11.4. The third-order valence-electron chi connectivity index (χ3n) is 4.18. The second-order valence-electron chi connectivity index (χ2n) is 6.74. The number of hydrogen-bond donors (Lipinski definition) is 2. The zero-order valence-corrected chi connectivity index (χ0v) is 18.2. The third-order valence-corrected chi connectivity index (χ3v) is 4.88. The quantitative estimate of drug-likeness (QED) is 0.651. The lowest BCUT2D eigenvalue weighted by atomic mass is 10.1. The number of amides is 2. The van der Waals surface area contributed by atoms with E-state index in [1.807, 2.05) is 44.0 Å². The van der Waals surface area contributed by atoms with Gasteiger partial charge in [0, 0.05) is 11.0 Å². The number of rotatable bonds is 8. The van der Waals surface area contributed by atoms with Gasteiger partial charge in [-0.2, -0.15) is 0 Å². The van der Waals surface area contributed by atoms with Crippen LogP contribution in [-0.2, 0) is 16.1 Å². The van der Waals surface area contributed by atoms with Crippen LogP contribution < -0.4 is 15.4 Å². The van der Waals surface area contributed by atoms with Crippen molar-refractivity contribution in [1.29, 1.82) is 0 Å². The second kappa shape index (κ2) is 10.2. The highest BCUT2D eigenvalue weighted by molar-refractivity contribution is 9.10. The molecule has 0 radical (unpaired) electrons. The molecule has 0 fully saturated rings. The summed E-state index contributed by atoms with van der Waals surface area (Å²) in [4.78, 5) is 26.1. The molecule has 0 aliphatic carbocycles. The number of benzene rings is 2. The number of hydrogen-bond acceptors (Lipinski definition) is 4. The van der Waals surface area contributed by atoms with E-state index in [0.717, 1.165) is 26.9 Å². The van der Waals surface area contributed by atoms with Gasteiger partial charge < -0.3 is 15.4 Å². The van der Waals surface area contributed by atoms with Crippen LogP contribution >= 0.6 is 15.9 Å². The Labute approximate surface area is 174 Å². The average molecular weight is 448 g/mol. The predicted octanol–water partition coefficient (Wildman–Crippen LogP) is 3.26. The fourth-order valence-electron chi connectivity index (χ4n) is 3.06. The van der Waals surface area contributed by atoms with Crippen molar-refractivity contribution in [3.8, 4) is 5.75 Å². The zero-order chi connectivity index (χ0) is 20.7. The van der Waals surface area contributed by atoms with Crippen molar-refractivity contribution in [1.82, 2.24) is 10.2 Å². The summed E-state index contributed by atoms with van der Waals surface area (Å²) in [6.45, 7) is 4.76. The molecule has 0 bridgehead atoms. The standard InChI is InChI=1S/C21H26BrN3O3/c1-14-9-16(10-15(2)21(14)28-4)12-25(3)13-20(27)23-11-19(26)24-18-8-6-5-7-17(18)22/h5-10H,11-13H2,1-4H3,(H,23,27)(H,24,26). The fraction of sp³-hybridized carbons (Fsp3) is 0.333. The molecule has 2 amide bonds. The van der Waals surface area contributed by atoms with E-state index in [9.17, 15) is 9.59 Å². The molecule has 0 aromatic heterocycles. The molecule has 28 heavy (non-hydrogen) atoms. The molecule has 0 saturated carbocycles. The van der Waals surface area contributed by atoms with E-state index >= 15 is 0 Å². The minimum Gasteiger partial charge on any atom is -0.496 e. The van der Waals surface area contributed by atoms with Crippen LogP contribution in [-0.4, -0.2) is 44.0 Å². The fourth-order valence-corrected chi connectivity index (χ4v) is 3.44. The van der Waals surface area contributed by atoms with Crippen LogP contribution in [0, 0.1) is 13.8 Å². The summed E-state index contributed by atoms with van der Waals surface area (Å²) >= 11 is 3.37. The molecule has 7 heteroatoms. The first-order chi connectivity index (χ1) is 13.3. The number of aryl methyl sites for hydroxylation is 2. The SMILES string of the molecule is COc1c(C)cc(CN(C)CC(=O)NCC(=O)Nc2ccccc2Br)cc1C. The lowest BCUT2D eigenvalue weighted by Gasteiger charge is -2.18. The van der Waals surface area contributed by atoms with E-state index in [1.54, 1.807) is 13.2 Å². The summed E-state index contributed by atoms with van der Waals surface area (Å²) in [6.07, 6.45) is 0. The first-order valence-electron chi connectivity index (χ1n) is 8.94. The predicted molar refractivity (Wildman–Crippen MR) is 115 cm³/mol. The molecular weight excluding hydrogens is 422 g/mol. The Balaban J connectivity index is 1.81. The summed E-state index contributed by atoms with van der Waals surface area (Å²) < 4.78 is 6.18. The van der Waals surface area contributed by atoms with Crippen molar-refractivity contribution in [2.24, 2.45) is 0 Å². The van der Waals surface area contributed by atoms with Gasteiger partial charge in [0.15, 0.2) is 0 Å². The van der Waals surface area contributed by atoms with Gasteiger partial charge in [0.05, 0.1) is 25.9 Å². The van der Waals surface area contributed by atoms with E-state index in [0.29, 0.717) is 12.2 Å².